The number of hydrogen-bond acceptors (Lipinski definition) is 3. The highest BCUT2D eigenvalue weighted by Gasteiger charge is 2.22. The fourth-order valence-electron chi connectivity index (χ4n) is 2.19. The molecule has 2 aromatic carbocycles. The zero-order chi connectivity index (χ0) is 16.3. The number of aliphatic hydroxyl groups excluding tert-OH is 1. The van der Waals surface area contributed by atoms with Gasteiger partial charge in [-0.05, 0) is 18.1 Å². The van der Waals surface area contributed by atoms with Crippen LogP contribution >= 0.6 is 11.6 Å². The van der Waals surface area contributed by atoms with E-state index in [-0.39, 0.29) is 22.8 Å². The first-order chi connectivity index (χ1) is 10.5. The second kappa shape index (κ2) is 7.01. The van der Waals surface area contributed by atoms with Crippen molar-refractivity contribution in [3.63, 3.8) is 0 Å². The number of aliphatic hydroxyl groups is 1. The maximum absolute atomic E-state index is 14.6. The lowest BCUT2D eigenvalue weighted by Crippen LogP contribution is -2.14. The van der Waals surface area contributed by atoms with E-state index in [9.17, 15) is 9.18 Å². The fraction of sp³-hybridized carbons (Fsp3) is 0.235. The van der Waals surface area contributed by atoms with Gasteiger partial charge in [0.2, 0.25) is 0 Å². The maximum atomic E-state index is 14.6. The number of nitrogens with two attached hydrogens (primary N) is 1. The molecule has 3 N–H and O–H groups in total. The first-order valence-corrected chi connectivity index (χ1v) is 7.35. The fourth-order valence-corrected chi connectivity index (χ4v) is 2.42. The van der Waals surface area contributed by atoms with E-state index < -0.39 is 17.6 Å². The van der Waals surface area contributed by atoms with Crippen molar-refractivity contribution in [3.8, 4) is 0 Å². The van der Waals surface area contributed by atoms with Crippen molar-refractivity contribution in [1.82, 2.24) is 0 Å². The van der Waals surface area contributed by atoms with Gasteiger partial charge in [0.1, 0.15) is 5.82 Å². The van der Waals surface area contributed by atoms with Gasteiger partial charge in [-0.15, -0.1) is 0 Å². The van der Waals surface area contributed by atoms with Gasteiger partial charge in [0, 0.05) is 17.2 Å². The molecule has 0 aliphatic heterocycles. The number of carbonyl (C=O) groups is 1. The monoisotopic (exact) mass is 321 g/mol. The highest BCUT2D eigenvalue weighted by Crippen LogP contribution is 2.28. The molecule has 0 radical (unpaired) electrons. The van der Waals surface area contributed by atoms with Gasteiger partial charge in [-0.2, -0.15) is 0 Å². The molecule has 0 saturated carbocycles. The van der Waals surface area contributed by atoms with Gasteiger partial charge in [-0.3, -0.25) is 4.79 Å². The highest BCUT2D eigenvalue weighted by atomic mass is 35.5. The van der Waals surface area contributed by atoms with E-state index >= 15 is 0 Å². The Morgan fingerprint density at radius 2 is 1.91 bits per heavy atom. The number of rotatable bonds is 5. The molecule has 3 nitrogen and oxygen atoms in total. The van der Waals surface area contributed by atoms with Crippen LogP contribution < -0.4 is 5.73 Å². The first kappa shape index (κ1) is 16.6. The number of ketones is 1. The molecule has 0 aliphatic carbocycles. The van der Waals surface area contributed by atoms with E-state index in [1.54, 1.807) is 12.1 Å². The van der Waals surface area contributed by atoms with E-state index in [1.165, 1.54) is 24.3 Å². The van der Waals surface area contributed by atoms with Crippen molar-refractivity contribution < 1.29 is 14.3 Å². The summed E-state index contributed by atoms with van der Waals surface area (Å²) in [6, 6.07) is 8.82. The summed E-state index contributed by atoms with van der Waals surface area (Å²) in [4.78, 5) is 12.5. The Balaban J connectivity index is 2.48. The summed E-state index contributed by atoms with van der Waals surface area (Å²) in [6.45, 7) is 1.72. The third-order valence-electron chi connectivity index (χ3n) is 3.59. The van der Waals surface area contributed by atoms with Crippen LogP contribution in [0.25, 0.3) is 0 Å². The molecule has 1 atom stereocenters. The molecule has 0 aromatic heterocycles. The number of benzene rings is 2. The quantitative estimate of drug-likeness (QED) is 0.827. The molecule has 0 aliphatic rings. The van der Waals surface area contributed by atoms with E-state index in [4.69, 9.17) is 22.4 Å². The second-order valence-electron chi connectivity index (χ2n) is 5.02. The number of hydrogen-bond donors (Lipinski definition) is 2. The molecule has 0 saturated heterocycles. The van der Waals surface area contributed by atoms with Crippen LogP contribution in [-0.4, -0.2) is 10.9 Å². The van der Waals surface area contributed by atoms with E-state index in [1.807, 2.05) is 6.92 Å². The summed E-state index contributed by atoms with van der Waals surface area (Å²) in [5.41, 5.74) is 6.96. The van der Waals surface area contributed by atoms with Crippen LogP contribution in [0.1, 0.15) is 46.4 Å². The zero-order valence-electron chi connectivity index (χ0n) is 12.1. The maximum Gasteiger partial charge on any atom is 0.197 e. The Bertz CT molecular complexity index is 686. The SMILES string of the molecule is CC[C@@H](N)c1ccc(Cl)c(C(=O)c2ccc(CO)cc2)c1F. The minimum absolute atomic E-state index is 0.0563. The van der Waals surface area contributed by atoms with Crippen molar-refractivity contribution in [2.24, 2.45) is 5.73 Å². The van der Waals surface area contributed by atoms with Crippen molar-refractivity contribution in [2.45, 2.75) is 26.0 Å². The van der Waals surface area contributed by atoms with Gasteiger partial charge in [0.15, 0.2) is 5.78 Å². The van der Waals surface area contributed by atoms with Crippen LogP contribution in [0.4, 0.5) is 4.39 Å². The van der Waals surface area contributed by atoms with Gasteiger partial charge >= 0.3 is 0 Å². The van der Waals surface area contributed by atoms with Crippen LogP contribution in [-0.2, 0) is 6.61 Å². The van der Waals surface area contributed by atoms with Gasteiger partial charge in [0.05, 0.1) is 17.2 Å². The molecule has 0 bridgehead atoms. The van der Waals surface area contributed by atoms with Crippen molar-refractivity contribution in [3.05, 3.63) is 69.5 Å². The summed E-state index contributed by atoms with van der Waals surface area (Å²) in [7, 11) is 0. The van der Waals surface area contributed by atoms with Gasteiger partial charge in [0.25, 0.3) is 0 Å². The lowest BCUT2D eigenvalue weighted by atomic mass is 9.96. The topological polar surface area (TPSA) is 63.3 Å². The normalized spacial score (nSPS) is 12.2. The zero-order valence-corrected chi connectivity index (χ0v) is 12.9. The summed E-state index contributed by atoms with van der Waals surface area (Å²) in [5.74, 6) is -1.17. The number of halogens is 2. The molecule has 0 fully saturated rings. The van der Waals surface area contributed by atoms with Crippen LogP contribution in [0, 0.1) is 5.82 Å². The molecular weight excluding hydrogens is 305 g/mol. The van der Waals surface area contributed by atoms with Crippen LogP contribution in [0.2, 0.25) is 5.02 Å². The Hall–Kier alpha value is -1.75. The van der Waals surface area contributed by atoms with Gasteiger partial charge in [-0.25, -0.2) is 4.39 Å². The van der Waals surface area contributed by atoms with Crippen molar-refractivity contribution >= 4 is 17.4 Å². The lowest BCUT2D eigenvalue weighted by molar-refractivity contribution is 0.103. The van der Waals surface area contributed by atoms with Gasteiger partial charge < -0.3 is 10.8 Å². The Morgan fingerprint density at radius 3 is 2.45 bits per heavy atom. The van der Waals surface area contributed by atoms with E-state index in [2.05, 4.69) is 0 Å². The molecular formula is C17H17ClFNO2. The van der Waals surface area contributed by atoms with Crippen LogP contribution in [0.15, 0.2) is 36.4 Å². The summed E-state index contributed by atoms with van der Waals surface area (Å²) in [6.07, 6.45) is 0.553. The molecule has 0 spiro atoms. The smallest absolute Gasteiger partial charge is 0.197 e. The molecule has 0 amide bonds. The Labute approximate surface area is 133 Å². The largest absolute Gasteiger partial charge is 0.392 e. The molecule has 2 aromatic rings. The third kappa shape index (κ3) is 3.19. The van der Waals surface area contributed by atoms with E-state index in [0.717, 1.165) is 0 Å². The average Bonchev–Trinajstić information content (AvgIpc) is 2.54. The average molecular weight is 322 g/mol. The summed E-state index contributed by atoms with van der Waals surface area (Å²) < 4.78 is 14.6. The minimum Gasteiger partial charge on any atom is -0.392 e. The predicted molar refractivity (Wildman–Crippen MR) is 84.4 cm³/mol. The molecule has 0 heterocycles. The van der Waals surface area contributed by atoms with E-state index in [0.29, 0.717) is 17.5 Å². The second-order valence-corrected chi connectivity index (χ2v) is 5.43. The number of carbonyl (C=O) groups excluding carboxylic acids is 1. The van der Waals surface area contributed by atoms with Crippen LogP contribution in [0.3, 0.4) is 0 Å². The molecule has 2 rings (SSSR count). The Morgan fingerprint density at radius 1 is 1.27 bits per heavy atom. The summed E-state index contributed by atoms with van der Waals surface area (Å²) in [5, 5.41) is 9.07. The summed E-state index contributed by atoms with van der Waals surface area (Å²) >= 11 is 6.01. The standard InChI is InChI=1S/C17H17ClFNO2/c1-2-14(20)12-7-8-13(18)15(16(12)19)17(22)11-5-3-10(9-21)4-6-11/h3-8,14,21H,2,9,20H2,1H3/t14-/m1/s1. The highest BCUT2D eigenvalue weighted by molar-refractivity contribution is 6.35. The van der Waals surface area contributed by atoms with Gasteiger partial charge in [-0.1, -0.05) is 48.9 Å². The van der Waals surface area contributed by atoms with Crippen molar-refractivity contribution in [1.29, 1.82) is 0 Å². The lowest BCUT2D eigenvalue weighted by Gasteiger charge is -2.14. The minimum atomic E-state index is -0.668. The molecule has 116 valence electrons. The van der Waals surface area contributed by atoms with Crippen LogP contribution in [0.5, 0.6) is 0 Å². The third-order valence-corrected chi connectivity index (χ3v) is 3.90. The predicted octanol–water partition coefficient (Wildman–Crippen LogP) is 3.61. The first-order valence-electron chi connectivity index (χ1n) is 6.97. The Kier molecular flexibility index (Phi) is 5.29. The molecule has 5 heteroatoms. The van der Waals surface area contributed by atoms with Crippen molar-refractivity contribution in [2.75, 3.05) is 0 Å². The molecule has 0 unspecified atom stereocenters. The molecule has 22 heavy (non-hydrogen) atoms.